The fraction of sp³-hybridized carbons (Fsp3) is 0.727. The van der Waals surface area contributed by atoms with Crippen molar-refractivity contribution in [3.05, 3.63) is 11.6 Å². The van der Waals surface area contributed by atoms with Crippen LogP contribution in [0.25, 0.3) is 0 Å². The average molecular weight is 236 g/mol. The molecule has 2 nitrogen and oxygen atoms in total. The zero-order valence-corrected chi connectivity index (χ0v) is 8.89. The molecule has 0 aromatic rings. The van der Waals surface area contributed by atoms with Gasteiger partial charge in [-0.3, -0.25) is 0 Å². The van der Waals surface area contributed by atoms with Crippen molar-refractivity contribution in [1.82, 2.24) is 0 Å². The second-order valence-corrected chi connectivity index (χ2v) is 4.18. The van der Waals surface area contributed by atoms with Crippen molar-refractivity contribution in [2.75, 3.05) is 0 Å². The summed E-state index contributed by atoms with van der Waals surface area (Å²) < 4.78 is 36.8. The van der Waals surface area contributed by atoms with E-state index >= 15 is 0 Å². The third kappa shape index (κ3) is 4.68. The van der Waals surface area contributed by atoms with Gasteiger partial charge in [0.05, 0.1) is 6.42 Å². The largest absolute Gasteiger partial charge is 0.478 e. The van der Waals surface area contributed by atoms with Crippen molar-refractivity contribution in [3.8, 4) is 0 Å². The molecule has 16 heavy (non-hydrogen) atoms. The maximum Gasteiger partial charge on any atom is 0.392 e. The SMILES string of the molecule is O=C(O)/C=C(\CC(F)(F)F)C1CCCCC1. The summed E-state index contributed by atoms with van der Waals surface area (Å²) in [6, 6.07) is 0. The zero-order chi connectivity index (χ0) is 12.2. The Hall–Kier alpha value is -1.00. The smallest absolute Gasteiger partial charge is 0.392 e. The minimum Gasteiger partial charge on any atom is -0.478 e. The van der Waals surface area contributed by atoms with E-state index in [4.69, 9.17) is 5.11 Å². The first-order valence-electron chi connectivity index (χ1n) is 5.38. The quantitative estimate of drug-likeness (QED) is 0.761. The molecule has 0 aromatic carbocycles. The first-order valence-corrected chi connectivity index (χ1v) is 5.38. The Kier molecular flexibility index (Phi) is 4.38. The van der Waals surface area contributed by atoms with Crippen molar-refractivity contribution in [2.45, 2.75) is 44.7 Å². The Bertz CT molecular complexity index is 275. The lowest BCUT2D eigenvalue weighted by Gasteiger charge is -2.25. The van der Waals surface area contributed by atoms with Gasteiger partial charge in [0.2, 0.25) is 0 Å². The van der Waals surface area contributed by atoms with Crippen molar-refractivity contribution >= 4 is 5.97 Å². The molecule has 1 N–H and O–H groups in total. The molecule has 0 bridgehead atoms. The molecule has 0 amide bonds. The van der Waals surface area contributed by atoms with E-state index in [-0.39, 0.29) is 11.5 Å². The average Bonchev–Trinajstić information content (AvgIpc) is 2.15. The molecule has 0 radical (unpaired) electrons. The summed E-state index contributed by atoms with van der Waals surface area (Å²) in [6.07, 6.45) is -0.515. The molecule has 0 heterocycles. The lowest BCUT2D eigenvalue weighted by Crippen LogP contribution is -2.17. The van der Waals surface area contributed by atoms with Gasteiger partial charge in [-0.15, -0.1) is 0 Å². The van der Waals surface area contributed by atoms with Crippen LogP contribution in [0.2, 0.25) is 0 Å². The van der Waals surface area contributed by atoms with Crippen LogP contribution in [0.4, 0.5) is 13.2 Å². The standard InChI is InChI=1S/C11H15F3O2/c12-11(13,14)7-9(6-10(15)16)8-4-2-1-3-5-8/h6,8H,1-5,7H2,(H,15,16)/b9-6+. The van der Waals surface area contributed by atoms with Crippen molar-refractivity contribution in [1.29, 1.82) is 0 Å². The molecule has 1 saturated carbocycles. The van der Waals surface area contributed by atoms with E-state index in [1.807, 2.05) is 0 Å². The third-order valence-corrected chi connectivity index (χ3v) is 2.84. The number of aliphatic carboxylic acids is 1. The van der Waals surface area contributed by atoms with Crippen LogP contribution in [-0.4, -0.2) is 17.3 Å². The topological polar surface area (TPSA) is 37.3 Å². The van der Waals surface area contributed by atoms with Gasteiger partial charge in [0.1, 0.15) is 0 Å². The van der Waals surface area contributed by atoms with Crippen molar-refractivity contribution in [2.24, 2.45) is 5.92 Å². The van der Waals surface area contributed by atoms with Gasteiger partial charge in [-0.2, -0.15) is 13.2 Å². The zero-order valence-electron chi connectivity index (χ0n) is 8.89. The number of rotatable bonds is 3. The number of carbonyl (C=O) groups is 1. The van der Waals surface area contributed by atoms with E-state index in [0.29, 0.717) is 12.8 Å². The van der Waals surface area contributed by atoms with Crippen LogP contribution < -0.4 is 0 Å². The monoisotopic (exact) mass is 236 g/mol. The maximum atomic E-state index is 12.3. The Morgan fingerprint density at radius 1 is 1.25 bits per heavy atom. The van der Waals surface area contributed by atoms with E-state index in [1.165, 1.54) is 0 Å². The first-order chi connectivity index (χ1) is 7.38. The van der Waals surface area contributed by atoms with Crippen LogP contribution in [0.15, 0.2) is 11.6 Å². The van der Waals surface area contributed by atoms with Gasteiger partial charge in [0, 0.05) is 6.08 Å². The molecule has 0 aliphatic heterocycles. The third-order valence-electron chi connectivity index (χ3n) is 2.84. The maximum absolute atomic E-state index is 12.3. The van der Waals surface area contributed by atoms with Crippen LogP contribution in [0.3, 0.4) is 0 Å². The second-order valence-electron chi connectivity index (χ2n) is 4.18. The molecule has 0 unspecified atom stereocenters. The molecule has 0 spiro atoms. The lowest BCUT2D eigenvalue weighted by molar-refractivity contribution is -0.132. The number of alkyl halides is 3. The Morgan fingerprint density at radius 3 is 2.25 bits per heavy atom. The Morgan fingerprint density at radius 2 is 1.81 bits per heavy atom. The molecule has 0 atom stereocenters. The van der Waals surface area contributed by atoms with Gasteiger partial charge in [0.15, 0.2) is 0 Å². The van der Waals surface area contributed by atoms with Crippen LogP contribution in [0.5, 0.6) is 0 Å². The Balaban J connectivity index is 2.74. The van der Waals surface area contributed by atoms with E-state index in [2.05, 4.69) is 0 Å². The molecule has 5 heteroatoms. The number of carboxylic acids is 1. The molecular formula is C11H15F3O2. The minimum absolute atomic E-state index is 0.0275. The second kappa shape index (κ2) is 5.37. The van der Waals surface area contributed by atoms with Gasteiger partial charge in [-0.1, -0.05) is 24.8 Å². The highest BCUT2D eigenvalue weighted by Crippen LogP contribution is 2.35. The van der Waals surface area contributed by atoms with Crippen LogP contribution >= 0.6 is 0 Å². The number of hydrogen-bond acceptors (Lipinski definition) is 1. The van der Waals surface area contributed by atoms with Gasteiger partial charge in [-0.25, -0.2) is 4.79 Å². The van der Waals surface area contributed by atoms with Crippen LogP contribution in [0.1, 0.15) is 38.5 Å². The summed E-state index contributed by atoms with van der Waals surface area (Å²) in [5, 5.41) is 8.57. The molecule has 0 saturated heterocycles. The highest BCUT2D eigenvalue weighted by Gasteiger charge is 2.32. The molecule has 0 aromatic heterocycles. The highest BCUT2D eigenvalue weighted by molar-refractivity contribution is 5.80. The molecule has 1 aliphatic rings. The summed E-state index contributed by atoms with van der Waals surface area (Å²) in [4.78, 5) is 10.5. The van der Waals surface area contributed by atoms with E-state index in [1.54, 1.807) is 0 Å². The first kappa shape index (κ1) is 13.1. The molecule has 1 fully saturated rings. The normalized spacial score (nSPS) is 19.8. The van der Waals surface area contributed by atoms with Crippen molar-refractivity contribution in [3.63, 3.8) is 0 Å². The summed E-state index contributed by atoms with van der Waals surface area (Å²) >= 11 is 0. The van der Waals surface area contributed by atoms with Crippen LogP contribution in [-0.2, 0) is 4.79 Å². The number of hydrogen-bond donors (Lipinski definition) is 1. The summed E-state index contributed by atoms with van der Waals surface area (Å²) in [5.41, 5.74) is 0.0275. The van der Waals surface area contributed by atoms with E-state index < -0.39 is 18.6 Å². The van der Waals surface area contributed by atoms with Gasteiger partial charge >= 0.3 is 12.1 Å². The highest BCUT2D eigenvalue weighted by atomic mass is 19.4. The number of halogens is 3. The molecule has 92 valence electrons. The van der Waals surface area contributed by atoms with Gasteiger partial charge < -0.3 is 5.11 Å². The summed E-state index contributed by atoms with van der Waals surface area (Å²) in [7, 11) is 0. The number of carboxylic acid groups (broad SMARTS) is 1. The Labute approximate surface area is 92.1 Å². The molecule has 1 aliphatic carbocycles. The fourth-order valence-corrected chi connectivity index (χ4v) is 2.18. The lowest BCUT2D eigenvalue weighted by atomic mass is 9.82. The van der Waals surface area contributed by atoms with E-state index in [0.717, 1.165) is 25.3 Å². The predicted molar refractivity (Wildman–Crippen MR) is 53.0 cm³/mol. The fourth-order valence-electron chi connectivity index (χ4n) is 2.18. The van der Waals surface area contributed by atoms with E-state index in [9.17, 15) is 18.0 Å². The molecule has 1 rings (SSSR count). The number of allylic oxidation sites excluding steroid dienone is 1. The van der Waals surface area contributed by atoms with Gasteiger partial charge in [-0.05, 0) is 18.8 Å². The van der Waals surface area contributed by atoms with Crippen LogP contribution in [0, 0.1) is 5.92 Å². The summed E-state index contributed by atoms with van der Waals surface area (Å²) in [6.45, 7) is 0. The molecular weight excluding hydrogens is 221 g/mol. The summed E-state index contributed by atoms with van der Waals surface area (Å²) in [5.74, 6) is -1.49. The predicted octanol–water partition coefficient (Wildman–Crippen LogP) is 3.53. The van der Waals surface area contributed by atoms with Gasteiger partial charge in [0.25, 0.3) is 0 Å². The minimum atomic E-state index is -4.32. The van der Waals surface area contributed by atoms with Crippen molar-refractivity contribution < 1.29 is 23.1 Å².